The van der Waals surface area contributed by atoms with Crippen molar-refractivity contribution in [3.63, 3.8) is 0 Å². The summed E-state index contributed by atoms with van der Waals surface area (Å²) in [7, 11) is 0. The Balaban J connectivity index is 2.17. The van der Waals surface area contributed by atoms with Gasteiger partial charge in [0.15, 0.2) is 0 Å². The zero-order valence-corrected chi connectivity index (χ0v) is 4.81. The highest BCUT2D eigenvalue weighted by molar-refractivity contribution is 4.50. The summed E-state index contributed by atoms with van der Waals surface area (Å²) >= 11 is 0. The van der Waals surface area contributed by atoms with Crippen LogP contribution < -0.4 is 5.43 Å². The SMILES string of the molecule is FN1CCCCC[N]1. The summed E-state index contributed by atoms with van der Waals surface area (Å²) in [6.07, 6.45) is 3.10. The van der Waals surface area contributed by atoms with E-state index in [9.17, 15) is 4.48 Å². The molecule has 8 heavy (non-hydrogen) atoms. The Kier molecular flexibility index (Phi) is 2.24. The van der Waals surface area contributed by atoms with Crippen molar-refractivity contribution in [2.24, 2.45) is 0 Å². The van der Waals surface area contributed by atoms with E-state index in [1.54, 1.807) is 0 Å². The van der Waals surface area contributed by atoms with E-state index in [2.05, 4.69) is 5.43 Å². The Bertz CT molecular complexity index is 59.4. The van der Waals surface area contributed by atoms with Gasteiger partial charge >= 0.3 is 0 Å². The number of hydrogen-bond acceptors (Lipinski definition) is 1. The maximum absolute atomic E-state index is 12.1. The molecule has 1 heterocycles. The van der Waals surface area contributed by atoms with Crippen LogP contribution in [0.4, 0.5) is 4.48 Å². The van der Waals surface area contributed by atoms with E-state index in [1.165, 1.54) is 0 Å². The summed E-state index contributed by atoms with van der Waals surface area (Å²) in [5, 5.41) is 0.549. The fraction of sp³-hybridized carbons (Fsp3) is 1.00. The van der Waals surface area contributed by atoms with Gasteiger partial charge in [-0.15, -0.1) is 9.91 Å². The molecule has 0 aromatic carbocycles. The Hall–Kier alpha value is -0.150. The quantitative estimate of drug-likeness (QED) is 0.430. The van der Waals surface area contributed by atoms with E-state index in [1.807, 2.05) is 0 Å². The minimum absolute atomic E-state index is 0.486. The third-order valence-electron chi connectivity index (χ3n) is 1.25. The summed E-state index contributed by atoms with van der Waals surface area (Å²) in [5.74, 6) is 0. The first-order chi connectivity index (χ1) is 3.89. The predicted molar refractivity (Wildman–Crippen MR) is 28.7 cm³/mol. The molecule has 2 nitrogen and oxygen atoms in total. The van der Waals surface area contributed by atoms with Crippen LogP contribution in [0.5, 0.6) is 0 Å². The molecule has 1 fully saturated rings. The molecule has 0 N–H and O–H groups in total. The van der Waals surface area contributed by atoms with Crippen molar-refractivity contribution in [1.29, 1.82) is 0 Å². The molecule has 47 valence electrons. The molecule has 1 radical (unpaired) electrons. The van der Waals surface area contributed by atoms with Gasteiger partial charge in [-0.3, -0.25) is 0 Å². The Morgan fingerprint density at radius 2 is 2.12 bits per heavy atom. The molecule has 0 aromatic rings. The Morgan fingerprint density at radius 3 is 3.00 bits per heavy atom. The molecule has 0 unspecified atom stereocenters. The van der Waals surface area contributed by atoms with Crippen LogP contribution in [-0.4, -0.2) is 18.3 Å². The maximum atomic E-state index is 12.1. The molecule has 0 saturated carbocycles. The Morgan fingerprint density at radius 1 is 1.25 bits per heavy atom. The predicted octanol–water partition coefficient (Wildman–Crippen LogP) is 0.876. The second-order valence-electron chi connectivity index (χ2n) is 1.99. The van der Waals surface area contributed by atoms with Gasteiger partial charge in [0.1, 0.15) is 0 Å². The molecule has 0 aliphatic carbocycles. The van der Waals surface area contributed by atoms with Crippen molar-refractivity contribution in [2.75, 3.05) is 13.1 Å². The normalized spacial score (nSPS) is 25.1. The highest BCUT2D eigenvalue weighted by atomic mass is 19.2. The first-order valence-electron chi connectivity index (χ1n) is 3.00. The molecule has 1 rings (SSSR count). The van der Waals surface area contributed by atoms with Crippen LogP contribution >= 0.6 is 0 Å². The third kappa shape index (κ3) is 1.76. The van der Waals surface area contributed by atoms with Gasteiger partial charge in [-0.25, -0.2) is 0 Å². The molecule has 0 aromatic heterocycles. The summed E-state index contributed by atoms with van der Waals surface area (Å²) in [6.45, 7) is 1.15. The van der Waals surface area contributed by atoms with Gasteiger partial charge in [0.05, 0.1) is 0 Å². The highest BCUT2D eigenvalue weighted by Gasteiger charge is 2.06. The molecule has 0 amide bonds. The summed E-state index contributed by atoms with van der Waals surface area (Å²) in [6, 6.07) is 0. The minimum atomic E-state index is 0.486. The lowest BCUT2D eigenvalue weighted by molar-refractivity contribution is -0.0310. The van der Waals surface area contributed by atoms with E-state index >= 15 is 0 Å². The number of rotatable bonds is 0. The highest BCUT2D eigenvalue weighted by Crippen LogP contribution is 2.02. The lowest BCUT2D eigenvalue weighted by Crippen LogP contribution is -2.22. The van der Waals surface area contributed by atoms with Gasteiger partial charge in [0.2, 0.25) is 0 Å². The van der Waals surface area contributed by atoms with Crippen molar-refractivity contribution in [1.82, 2.24) is 10.7 Å². The topological polar surface area (TPSA) is 17.3 Å². The van der Waals surface area contributed by atoms with Crippen LogP contribution in [0.25, 0.3) is 0 Å². The van der Waals surface area contributed by atoms with Gasteiger partial charge in [0, 0.05) is 13.1 Å². The third-order valence-corrected chi connectivity index (χ3v) is 1.25. The Labute approximate surface area is 48.6 Å². The minimum Gasteiger partial charge on any atom is -0.131 e. The maximum Gasteiger partial charge on any atom is 0.0469 e. The van der Waals surface area contributed by atoms with E-state index in [0.29, 0.717) is 18.3 Å². The molecule has 1 saturated heterocycles. The molecule has 1 aliphatic heterocycles. The summed E-state index contributed by atoms with van der Waals surface area (Å²) in [5.41, 5.74) is 3.59. The van der Waals surface area contributed by atoms with E-state index in [0.717, 1.165) is 19.3 Å². The fourth-order valence-corrected chi connectivity index (χ4v) is 0.781. The smallest absolute Gasteiger partial charge is 0.0469 e. The van der Waals surface area contributed by atoms with Crippen LogP contribution in [0.3, 0.4) is 0 Å². The van der Waals surface area contributed by atoms with Crippen molar-refractivity contribution in [3.05, 3.63) is 0 Å². The first-order valence-corrected chi connectivity index (χ1v) is 3.00. The summed E-state index contributed by atoms with van der Waals surface area (Å²) < 4.78 is 12.1. The van der Waals surface area contributed by atoms with E-state index < -0.39 is 0 Å². The number of halogens is 1. The van der Waals surface area contributed by atoms with Gasteiger partial charge in [-0.1, -0.05) is 11.7 Å². The lowest BCUT2D eigenvalue weighted by Gasteiger charge is -2.03. The zero-order valence-electron chi connectivity index (χ0n) is 4.81. The lowest BCUT2D eigenvalue weighted by atomic mass is 10.2. The monoisotopic (exact) mass is 117 g/mol. The zero-order chi connectivity index (χ0) is 5.82. The van der Waals surface area contributed by atoms with Crippen LogP contribution in [-0.2, 0) is 0 Å². The molecule has 0 atom stereocenters. The first kappa shape index (κ1) is 5.98. The van der Waals surface area contributed by atoms with Crippen LogP contribution in [0.15, 0.2) is 0 Å². The fourth-order valence-electron chi connectivity index (χ4n) is 0.781. The molecule has 0 bridgehead atoms. The summed E-state index contributed by atoms with van der Waals surface area (Å²) in [4.78, 5) is 0. The van der Waals surface area contributed by atoms with Gasteiger partial charge in [0.25, 0.3) is 0 Å². The average molecular weight is 117 g/mol. The molecule has 1 aliphatic rings. The van der Waals surface area contributed by atoms with Crippen molar-refractivity contribution in [2.45, 2.75) is 19.3 Å². The van der Waals surface area contributed by atoms with E-state index in [4.69, 9.17) is 0 Å². The number of hydrogen-bond donors (Lipinski definition) is 0. The molecular weight excluding hydrogens is 107 g/mol. The molecule has 3 heteroatoms. The van der Waals surface area contributed by atoms with Crippen molar-refractivity contribution < 1.29 is 4.48 Å². The van der Waals surface area contributed by atoms with Gasteiger partial charge in [-0.2, -0.15) is 0 Å². The van der Waals surface area contributed by atoms with Crippen LogP contribution in [0, 0.1) is 0 Å². The number of nitrogens with zero attached hydrogens (tertiary/aromatic N) is 2. The molecular formula is C5H10FN2. The van der Waals surface area contributed by atoms with Crippen molar-refractivity contribution >= 4 is 0 Å². The largest absolute Gasteiger partial charge is 0.131 e. The van der Waals surface area contributed by atoms with Crippen molar-refractivity contribution in [3.8, 4) is 0 Å². The van der Waals surface area contributed by atoms with Gasteiger partial charge in [-0.05, 0) is 12.8 Å². The second-order valence-corrected chi connectivity index (χ2v) is 1.99. The molecule has 0 spiro atoms. The van der Waals surface area contributed by atoms with Crippen LogP contribution in [0.2, 0.25) is 0 Å². The average Bonchev–Trinajstić information content (AvgIpc) is 1.94. The van der Waals surface area contributed by atoms with Gasteiger partial charge < -0.3 is 0 Å². The second kappa shape index (κ2) is 2.99. The standard InChI is InChI=1S/C5H10FN2/c6-8-5-3-1-2-4-7-8/h1-5H2. The van der Waals surface area contributed by atoms with Crippen LogP contribution in [0.1, 0.15) is 19.3 Å². The van der Waals surface area contributed by atoms with E-state index in [-0.39, 0.29) is 0 Å².